The van der Waals surface area contributed by atoms with Crippen molar-refractivity contribution in [2.45, 2.75) is 26.3 Å². The van der Waals surface area contributed by atoms with E-state index in [2.05, 4.69) is 54.7 Å². The van der Waals surface area contributed by atoms with Crippen LogP contribution in [-0.4, -0.2) is 30.9 Å². The average Bonchev–Trinajstić information content (AvgIpc) is 2.54. The quantitative estimate of drug-likeness (QED) is 0.943. The number of hydrogen-bond donors (Lipinski definition) is 1. The van der Waals surface area contributed by atoms with Crippen molar-refractivity contribution in [3.63, 3.8) is 0 Å². The Morgan fingerprint density at radius 1 is 1.23 bits per heavy atom. The number of nitrogens with zero attached hydrogens (tertiary/aromatic N) is 1. The number of benzene rings is 2. The summed E-state index contributed by atoms with van der Waals surface area (Å²) in [5, 5.41) is 5.82. The number of rotatable bonds is 3. The lowest BCUT2D eigenvalue weighted by Gasteiger charge is -2.36. The zero-order valence-electron chi connectivity index (χ0n) is 13.4. The molecule has 0 spiro atoms. The van der Waals surface area contributed by atoms with Gasteiger partial charge < -0.3 is 10.2 Å². The number of piperidine rings is 1. The van der Waals surface area contributed by atoms with Crippen LogP contribution in [0.1, 0.15) is 25.3 Å². The molecule has 1 N–H and O–H groups in total. The molecule has 116 valence electrons. The normalized spacial score (nSPS) is 21.7. The third-order valence-corrected chi connectivity index (χ3v) is 4.69. The van der Waals surface area contributed by atoms with Gasteiger partial charge in [0.2, 0.25) is 5.91 Å². The number of carbonyl (C=O) groups excluding carboxylic acids is 1. The number of nitrogens with one attached hydrogen (secondary N) is 1. The van der Waals surface area contributed by atoms with Gasteiger partial charge in [0.15, 0.2) is 0 Å². The largest absolute Gasteiger partial charge is 0.341 e. The van der Waals surface area contributed by atoms with Crippen LogP contribution in [0, 0.1) is 5.41 Å². The summed E-state index contributed by atoms with van der Waals surface area (Å²) < 4.78 is 0. The zero-order chi connectivity index (χ0) is 15.6. The molecule has 1 aliphatic rings. The highest BCUT2D eigenvalue weighted by Gasteiger charge is 2.36. The van der Waals surface area contributed by atoms with Gasteiger partial charge in [-0.15, -0.1) is 0 Å². The molecule has 0 radical (unpaired) electrons. The van der Waals surface area contributed by atoms with E-state index in [1.807, 2.05) is 11.9 Å². The third kappa shape index (κ3) is 3.00. The third-order valence-electron chi connectivity index (χ3n) is 4.69. The maximum Gasteiger partial charge on any atom is 0.229 e. The number of carbonyl (C=O) groups is 1. The lowest BCUT2D eigenvalue weighted by Crippen LogP contribution is -2.48. The van der Waals surface area contributed by atoms with Crippen LogP contribution < -0.4 is 5.32 Å². The fourth-order valence-electron chi connectivity index (χ4n) is 3.38. The highest BCUT2D eigenvalue weighted by atomic mass is 16.2. The molecule has 1 fully saturated rings. The fraction of sp³-hybridized carbons (Fsp3) is 0.421. The van der Waals surface area contributed by atoms with E-state index < -0.39 is 0 Å². The lowest BCUT2D eigenvalue weighted by atomic mass is 9.81. The maximum atomic E-state index is 12.8. The Morgan fingerprint density at radius 2 is 2.00 bits per heavy atom. The van der Waals surface area contributed by atoms with Gasteiger partial charge in [-0.2, -0.15) is 0 Å². The summed E-state index contributed by atoms with van der Waals surface area (Å²) in [5.41, 5.74) is 0.922. The summed E-state index contributed by atoms with van der Waals surface area (Å²) in [6.45, 7) is 4.56. The molecule has 2 aromatic carbocycles. The zero-order valence-corrected chi connectivity index (χ0v) is 13.4. The molecule has 1 atom stereocenters. The molecule has 3 rings (SSSR count). The van der Waals surface area contributed by atoms with Gasteiger partial charge in [-0.1, -0.05) is 36.4 Å². The van der Waals surface area contributed by atoms with Crippen molar-refractivity contribution < 1.29 is 4.79 Å². The monoisotopic (exact) mass is 296 g/mol. The molecule has 22 heavy (non-hydrogen) atoms. The predicted octanol–water partition coefficient (Wildman–Crippen LogP) is 3.19. The van der Waals surface area contributed by atoms with Crippen LogP contribution in [0.5, 0.6) is 0 Å². The minimum atomic E-state index is -0.260. The summed E-state index contributed by atoms with van der Waals surface area (Å²) >= 11 is 0. The van der Waals surface area contributed by atoms with Gasteiger partial charge in [0.1, 0.15) is 0 Å². The first-order valence-electron chi connectivity index (χ1n) is 8.02. The van der Waals surface area contributed by atoms with E-state index in [0.29, 0.717) is 6.54 Å². The standard InChI is InChI=1S/C19H24N2O/c1-19(10-5-11-20-14-19)18(22)21(2)13-15-8-9-16-6-3-4-7-17(16)12-15/h3-4,6-9,12,20H,5,10-11,13-14H2,1-2H3. The Bertz CT molecular complexity index is 674. The summed E-state index contributed by atoms with van der Waals surface area (Å²) in [5.74, 6) is 0.243. The first-order chi connectivity index (χ1) is 10.6. The molecule has 3 nitrogen and oxygen atoms in total. The van der Waals surface area contributed by atoms with E-state index in [1.54, 1.807) is 0 Å². The van der Waals surface area contributed by atoms with Crippen LogP contribution in [0.2, 0.25) is 0 Å². The van der Waals surface area contributed by atoms with E-state index in [1.165, 1.54) is 16.3 Å². The molecular weight excluding hydrogens is 272 g/mol. The molecule has 0 aromatic heterocycles. The number of hydrogen-bond acceptors (Lipinski definition) is 2. The first-order valence-corrected chi connectivity index (χ1v) is 8.02. The summed E-state index contributed by atoms with van der Waals surface area (Å²) in [6.07, 6.45) is 2.05. The Morgan fingerprint density at radius 3 is 2.73 bits per heavy atom. The Hall–Kier alpha value is -1.87. The van der Waals surface area contributed by atoms with Crippen LogP contribution in [0.3, 0.4) is 0 Å². The Labute approximate surface area is 132 Å². The SMILES string of the molecule is CN(Cc1ccc2ccccc2c1)C(=O)C1(C)CCCNC1. The highest BCUT2D eigenvalue weighted by molar-refractivity contribution is 5.84. The lowest BCUT2D eigenvalue weighted by molar-refractivity contribution is -0.141. The van der Waals surface area contributed by atoms with Crippen LogP contribution in [0.4, 0.5) is 0 Å². The Balaban J connectivity index is 1.74. The van der Waals surface area contributed by atoms with Crippen molar-refractivity contribution in [1.82, 2.24) is 10.2 Å². The van der Waals surface area contributed by atoms with E-state index in [-0.39, 0.29) is 11.3 Å². The van der Waals surface area contributed by atoms with Crippen LogP contribution in [-0.2, 0) is 11.3 Å². The van der Waals surface area contributed by atoms with Gasteiger partial charge in [0.25, 0.3) is 0 Å². The molecule has 0 aliphatic carbocycles. The Kier molecular flexibility index (Phi) is 4.16. The van der Waals surface area contributed by atoms with Crippen molar-refractivity contribution in [2.24, 2.45) is 5.41 Å². The molecule has 0 saturated carbocycles. The summed E-state index contributed by atoms with van der Waals surface area (Å²) in [6, 6.07) is 14.8. The van der Waals surface area contributed by atoms with Crippen molar-refractivity contribution in [1.29, 1.82) is 0 Å². The smallest absolute Gasteiger partial charge is 0.229 e. The van der Waals surface area contributed by atoms with Crippen molar-refractivity contribution in [2.75, 3.05) is 20.1 Å². The second-order valence-corrected chi connectivity index (χ2v) is 6.68. The van der Waals surface area contributed by atoms with Gasteiger partial charge in [0.05, 0.1) is 5.41 Å². The molecule has 1 heterocycles. The van der Waals surface area contributed by atoms with Crippen molar-refractivity contribution in [3.05, 3.63) is 48.0 Å². The van der Waals surface area contributed by atoms with E-state index in [9.17, 15) is 4.79 Å². The molecule has 1 aliphatic heterocycles. The molecule has 2 aromatic rings. The average molecular weight is 296 g/mol. The van der Waals surface area contributed by atoms with E-state index in [0.717, 1.165) is 25.9 Å². The molecule has 1 amide bonds. The van der Waals surface area contributed by atoms with Crippen LogP contribution in [0.15, 0.2) is 42.5 Å². The first kappa shape index (κ1) is 15.0. The molecule has 3 heteroatoms. The van der Waals surface area contributed by atoms with Gasteiger partial charge in [-0.25, -0.2) is 0 Å². The molecular formula is C19H24N2O. The fourth-order valence-corrected chi connectivity index (χ4v) is 3.38. The molecule has 0 bridgehead atoms. The minimum absolute atomic E-state index is 0.243. The van der Waals surface area contributed by atoms with E-state index >= 15 is 0 Å². The topological polar surface area (TPSA) is 32.3 Å². The minimum Gasteiger partial charge on any atom is -0.341 e. The number of amides is 1. The van der Waals surface area contributed by atoms with Crippen molar-refractivity contribution >= 4 is 16.7 Å². The van der Waals surface area contributed by atoms with Crippen molar-refractivity contribution in [3.8, 4) is 0 Å². The second kappa shape index (κ2) is 6.09. The second-order valence-electron chi connectivity index (χ2n) is 6.68. The summed E-state index contributed by atoms with van der Waals surface area (Å²) in [7, 11) is 1.91. The van der Waals surface area contributed by atoms with Crippen LogP contribution >= 0.6 is 0 Å². The highest BCUT2D eigenvalue weighted by Crippen LogP contribution is 2.28. The van der Waals surface area contributed by atoms with Gasteiger partial charge >= 0.3 is 0 Å². The van der Waals surface area contributed by atoms with Gasteiger partial charge in [0, 0.05) is 20.1 Å². The van der Waals surface area contributed by atoms with Gasteiger partial charge in [-0.05, 0) is 48.7 Å². The van der Waals surface area contributed by atoms with Crippen LogP contribution in [0.25, 0.3) is 10.8 Å². The number of fused-ring (bicyclic) bond motifs is 1. The maximum absolute atomic E-state index is 12.8. The predicted molar refractivity (Wildman–Crippen MR) is 90.6 cm³/mol. The summed E-state index contributed by atoms with van der Waals surface area (Å²) in [4.78, 5) is 14.6. The molecule has 1 unspecified atom stereocenters. The molecule has 1 saturated heterocycles. The van der Waals surface area contributed by atoms with Gasteiger partial charge in [-0.3, -0.25) is 4.79 Å². The van der Waals surface area contributed by atoms with E-state index in [4.69, 9.17) is 0 Å².